The van der Waals surface area contributed by atoms with Gasteiger partial charge in [-0.15, -0.1) is 0 Å². The SMILES string of the molecule is CN=C(NCc1ccccc1-n1ccnc1)NC(C)c1ccc(OCC2CC2)c(F)c1. The smallest absolute Gasteiger partial charge is 0.191 e. The fraction of sp³-hybridized carbons (Fsp3) is 0.333. The summed E-state index contributed by atoms with van der Waals surface area (Å²) >= 11 is 0. The van der Waals surface area contributed by atoms with Crippen LogP contribution >= 0.6 is 0 Å². The maximum atomic E-state index is 14.4. The summed E-state index contributed by atoms with van der Waals surface area (Å²) in [5.74, 6) is 1.22. The van der Waals surface area contributed by atoms with E-state index in [1.807, 2.05) is 42.0 Å². The molecule has 0 radical (unpaired) electrons. The number of para-hydroxylation sites is 1. The fourth-order valence-corrected chi connectivity index (χ4v) is 3.37. The lowest BCUT2D eigenvalue weighted by Crippen LogP contribution is -2.38. The Balaban J connectivity index is 1.37. The second-order valence-corrected chi connectivity index (χ2v) is 7.83. The molecule has 4 rings (SSSR count). The second kappa shape index (κ2) is 9.64. The van der Waals surface area contributed by atoms with Crippen LogP contribution in [0.4, 0.5) is 4.39 Å². The molecule has 1 unspecified atom stereocenters. The number of rotatable bonds is 8. The Morgan fingerprint density at radius 1 is 1.29 bits per heavy atom. The first-order chi connectivity index (χ1) is 15.1. The average molecular weight is 422 g/mol. The molecule has 2 aromatic carbocycles. The number of nitrogens with zero attached hydrogens (tertiary/aromatic N) is 3. The minimum absolute atomic E-state index is 0.123. The van der Waals surface area contributed by atoms with Gasteiger partial charge in [-0.3, -0.25) is 4.99 Å². The van der Waals surface area contributed by atoms with Crippen molar-refractivity contribution in [3.05, 3.63) is 78.1 Å². The van der Waals surface area contributed by atoms with Crippen LogP contribution < -0.4 is 15.4 Å². The van der Waals surface area contributed by atoms with Crippen molar-refractivity contribution in [1.29, 1.82) is 0 Å². The number of halogens is 1. The van der Waals surface area contributed by atoms with Gasteiger partial charge in [-0.2, -0.15) is 0 Å². The van der Waals surface area contributed by atoms with E-state index in [-0.39, 0.29) is 11.9 Å². The van der Waals surface area contributed by atoms with E-state index < -0.39 is 0 Å². The summed E-state index contributed by atoms with van der Waals surface area (Å²) in [5, 5.41) is 6.67. The van der Waals surface area contributed by atoms with E-state index in [4.69, 9.17) is 4.74 Å². The standard InChI is InChI=1S/C24H28FN5O/c1-17(19-9-10-23(21(25)13-19)31-15-18-7-8-18)29-24(26-2)28-14-20-5-3-4-6-22(20)30-12-11-27-16-30/h3-6,9-13,16-18H,7-8,14-15H2,1-2H3,(H2,26,28,29). The Bertz CT molecular complexity index is 1030. The molecule has 31 heavy (non-hydrogen) atoms. The van der Waals surface area contributed by atoms with Crippen molar-refractivity contribution in [2.45, 2.75) is 32.4 Å². The van der Waals surface area contributed by atoms with E-state index in [2.05, 4.69) is 26.7 Å². The van der Waals surface area contributed by atoms with Crippen LogP contribution in [-0.4, -0.2) is 29.2 Å². The summed E-state index contributed by atoms with van der Waals surface area (Å²) in [6.45, 7) is 3.16. The predicted octanol–water partition coefficient (Wildman–Crippen LogP) is 4.23. The van der Waals surface area contributed by atoms with E-state index in [0.29, 0.717) is 30.8 Å². The number of hydrogen-bond donors (Lipinski definition) is 2. The number of guanidine groups is 1. The molecule has 1 saturated carbocycles. The largest absolute Gasteiger partial charge is 0.490 e. The van der Waals surface area contributed by atoms with Crippen LogP contribution in [-0.2, 0) is 6.54 Å². The van der Waals surface area contributed by atoms with Crippen LogP contribution in [0, 0.1) is 11.7 Å². The highest BCUT2D eigenvalue weighted by Crippen LogP contribution is 2.30. The monoisotopic (exact) mass is 421 g/mol. The van der Waals surface area contributed by atoms with E-state index in [1.165, 1.54) is 18.9 Å². The molecule has 1 fully saturated rings. The first-order valence-electron chi connectivity index (χ1n) is 10.6. The van der Waals surface area contributed by atoms with Crippen molar-refractivity contribution < 1.29 is 9.13 Å². The van der Waals surface area contributed by atoms with Crippen molar-refractivity contribution in [3.8, 4) is 11.4 Å². The molecule has 0 aliphatic heterocycles. The molecule has 0 amide bonds. The second-order valence-electron chi connectivity index (χ2n) is 7.83. The number of nitrogens with one attached hydrogen (secondary N) is 2. The van der Waals surface area contributed by atoms with E-state index in [9.17, 15) is 4.39 Å². The molecule has 1 atom stereocenters. The maximum Gasteiger partial charge on any atom is 0.191 e. The minimum Gasteiger partial charge on any atom is -0.490 e. The van der Waals surface area contributed by atoms with Crippen molar-refractivity contribution in [2.24, 2.45) is 10.9 Å². The van der Waals surface area contributed by atoms with Crippen LogP contribution in [0.1, 0.15) is 36.9 Å². The molecule has 3 aromatic rings. The summed E-state index contributed by atoms with van der Waals surface area (Å²) in [5.41, 5.74) is 3.00. The molecular weight excluding hydrogens is 393 g/mol. The van der Waals surface area contributed by atoms with Gasteiger partial charge in [0.05, 0.1) is 24.7 Å². The Hall–Kier alpha value is -3.35. The quantitative estimate of drug-likeness (QED) is 0.422. The summed E-state index contributed by atoms with van der Waals surface area (Å²) in [4.78, 5) is 8.44. The molecule has 0 saturated heterocycles. The van der Waals surface area contributed by atoms with Crippen molar-refractivity contribution >= 4 is 5.96 Å². The summed E-state index contributed by atoms with van der Waals surface area (Å²) < 4.78 is 22.0. The predicted molar refractivity (Wildman–Crippen MR) is 120 cm³/mol. The number of hydrogen-bond acceptors (Lipinski definition) is 3. The Morgan fingerprint density at radius 2 is 2.13 bits per heavy atom. The van der Waals surface area contributed by atoms with Gasteiger partial charge in [0.15, 0.2) is 17.5 Å². The average Bonchev–Trinajstić information content (AvgIpc) is 3.46. The highest BCUT2D eigenvalue weighted by molar-refractivity contribution is 5.80. The molecule has 6 nitrogen and oxygen atoms in total. The number of imidazole rings is 1. The Labute approximate surface area is 182 Å². The minimum atomic E-state index is -0.330. The first-order valence-corrected chi connectivity index (χ1v) is 10.6. The van der Waals surface area contributed by atoms with Crippen LogP contribution in [0.2, 0.25) is 0 Å². The van der Waals surface area contributed by atoms with Gasteiger partial charge in [0.2, 0.25) is 0 Å². The zero-order valence-electron chi connectivity index (χ0n) is 17.9. The van der Waals surface area contributed by atoms with E-state index in [0.717, 1.165) is 16.8 Å². The zero-order valence-corrected chi connectivity index (χ0v) is 17.9. The molecule has 1 aliphatic rings. The van der Waals surface area contributed by atoms with Gasteiger partial charge in [-0.1, -0.05) is 24.3 Å². The van der Waals surface area contributed by atoms with Gasteiger partial charge >= 0.3 is 0 Å². The summed E-state index contributed by atoms with van der Waals surface area (Å²) in [6.07, 6.45) is 7.81. The van der Waals surface area contributed by atoms with Gasteiger partial charge in [0, 0.05) is 26.0 Å². The lowest BCUT2D eigenvalue weighted by atomic mass is 10.1. The van der Waals surface area contributed by atoms with Crippen LogP contribution in [0.15, 0.2) is 66.2 Å². The van der Waals surface area contributed by atoms with E-state index in [1.54, 1.807) is 25.6 Å². The molecule has 1 aromatic heterocycles. The Kier molecular flexibility index (Phi) is 6.50. The molecule has 1 heterocycles. The number of benzene rings is 2. The third kappa shape index (κ3) is 5.42. The highest BCUT2D eigenvalue weighted by atomic mass is 19.1. The van der Waals surface area contributed by atoms with Crippen LogP contribution in [0.25, 0.3) is 5.69 Å². The molecular formula is C24H28FN5O. The molecule has 2 N–H and O–H groups in total. The van der Waals surface area contributed by atoms with Gasteiger partial charge in [0.1, 0.15) is 0 Å². The first kappa shape index (κ1) is 20.9. The number of aromatic nitrogens is 2. The molecule has 162 valence electrons. The van der Waals surface area contributed by atoms with Gasteiger partial charge < -0.3 is 19.9 Å². The fourth-order valence-electron chi connectivity index (χ4n) is 3.37. The van der Waals surface area contributed by atoms with Crippen molar-refractivity contribution in [3.63, 3.8) is 0 Å². The molecule has 7 heteroatoms. The normalized spacial score (nSPS) is 14.9. The number of aliphatic imine (C=N–C) groups is 1. The van der Waals surface area contributed by atoms with Crippen LogP contribution in [0.5, 0.6) is 5.75 Å². The Morgan fingerprint density at radius 3 is 2.84 bits per heavy atom. The topological polar surface area (TPSA) is 63.5 Å². The van der Waals surface area contributed by atoms with Gasteiger partial charge in [0.25, 0.3) is 0 Å². The van der Waals surface area contributed by atoms with Gasteiger partial charge in [-0.25, -0.2) is 9.37 Å². The molecule has 0 bridgehead atoms. The molecule has 0 spiro atoms. The lowest BCUT2D eigenvalue weighted by molar-refractivity contribution is 0.285. The van der Waals surface area contributed by atoms with Crippen LogP contribution in [0.3, 0.4) is 0 Å². The maximum absolute atomic E-state index is 14.4. The zero-order chi connectivity index (χ0) is 21.6. The summed E-state index contributed by atoms with van der Waals surface area (Å²) in [6, 6.07) is 13.1. The van der Waals surface area contributed by atoms with Crippen molar-refractivity contribution in [1.82, 2.24) is 20.2 Å². The van der Waals surface area contributed by atoms with Gasteiger partial charge in [-0.05, 0) is 55.0 Å². The third-order valence-corrected chi connectivity index (χ3v) is 5.42. The van der Waals surface area contributed by atoms with E-state index >= 15 is 0 Å². The van der Waals surface area contributed by atoms with Crippen molar-refractivity contribution in [2.75, 3.05) is 13.7 Å². The highest BCUT2D eigenvalue weighted by Gasteiger charge is 2.22. The molecule has 1 aliphatic carbocycles. The summed E-state index contributed by atoms with van der Waals surface area (Å²) in [7, 11) is 1.72. The lowest BCUT2D eigenvalue weighted by Gasteiger charge is -2.20. The third-order valence-electron chi connectivity index (χ3n) is 5.42. The number of ether oxygens (including phenoxy) is 1.